The lowest BCUT2D eigenvalue weighted by atomic mass is 9.72. The first kappa shape index (κ1) is 36.1. The van der Waals surface area contributed by atoms with Crippen LogP contribution < -0.4 is 10.1 Å². The number of aliphatic hydroxyl groups excluding tert-OH is 2. The Bertz CT molecular complexity index is 1850. The molecule has 0 spiro atoms. The van der Waals surface area contributed by atoms with Crippen molar-refractivity contribution in [3.63, 3.8) is 0 Å². The molecular weight excluding hydrogens is 666 g/mol. The summed E-state index contributed by atoms with van der Waals surface area (Å²) in [5, 5.41) is 75.5. The molecule has 0 unspecified atom stereocenters. The first-order valence-corrected chi connectivity index (χ1v) is 15.2. The fourth-order valence-electron chi connectivity index (χ4n) is 6.59. The number of carbonyl (C=O) groups excluding carboxylic acids is 4. The van der Waals surface area contributed by atoms with Gasteiger partial charge in [-0.25, -0.2) is 4.79 Å². The summed E-state index contributed by atoms with van der Waals surface area (Å²) in [6.45, 7) is 0.267. The number of nitrogens with one attached hydrogen (secondary N) is 1. The van der Waals surface area contributed by atoms with Gasteiger partial charge < -0.3 is 55.3 Å². The first-order valence-electron chi connectivity index (χ1n) is 15.2. The van der Waals surface area contributed by atoms with Gasteiger partial charge in [-0.05, 0) is 13.0 Å². The number of methoxy groups -OCH3 is 1. The van der Waals surface area contributed by atoms with Gasteiger partial charge in [0.15, 0.2) is 17.9 Å². The van der Waals surface area contributed by atoms with Crippen molar-refractivity contribution < 1.29 is 78.7 Å². The number of aliphatic hydroxyl groups is 3. The largest absolute Gasteiger partial charge is 0.507 e. The number of rotatable bonds is 10. The predicted octanol–water partition coefficient (Wildman–Crippen LogP) is -0.355. The number of hydrogen-bond donors (Lipinski definition) is 8. The van der Waals surface area contributed by atoms with Gasteiger partial charge in [-0.2, -0.15) is 0 Å². The highest BCUT2D eigenvalue weighted by molar-refractivity contribution is 6.31. The number of fused-ring (bicyclic) bond motifs is 3. The molecule has 2 aliphatic carbocycles. The number of phenols is 2. The molecule has 266 valence electrons. The number of aromatic hydroxyl groups is 2. The summed E-state index contributed by atoms with van der Waals surface area (Å²) in [4.78, 5) is 75.4. The van der Waals surface area contributed by atoms with Crippen molar-refractivity contribution in [1.82, 2.24) is 5.32 Å². The van der Waals surface area contributed by atoms with Crippen molar-refractivity contribution in [2.75, 3.05) is 13.7 Å². The van der Waals surface area contributed by atoms with E-state index in [9.17, 15) is 59.4 Å². The van der Waals surface area contributed by atoms with Crippen LogP contribution in [0.2, 0.25) is 0 Å². The van der Waals surface area contributed by atoms with E-state index in [4.69, 9.17) is 19.3 Å². The standard InChI is InChI=1S/C33H33NO16/c1-12-27(40)16(34-20(37)6-13(32(45)46)7-21(38)39)8-22(49-12)50-18-10-33(47,19(36)11-35)9-15-24(18)31(44)26-25(29(15)42)28(41)14-4-3-5-17(48-2)23(14)30(26)43/h3-6,12,16,18,22,27,35,40,42,44,47H,7-11H2,1-2H3,(H,34,37)(H,38,39)(H,45,46)/b13-6-/t12-,16-,18-,22-,27+,33-/m0/s1. The zero-order valence-electron chi connectivity index (χ0n) is 26.5. The molecule has 0 bridgehead atoms. The molecule has 1 saturated heterocycles. The van der Waals surface area contributed by atoms with Gasteiger partial charge >= 0.3 is 11.9 Å². The number of benzene rings is 2. The first-order chi connectivity index (χ1) is 23.5. The smallest absolute Gasteiger partial charge is 0.332 e. The Morgan fingerprint density at radius 2 is 1.74 bits per heavy atom. The molecule has 0 radical (unpaired) electrons. The third-order valence-electron chi connectivity index (χ3n) is 9.01. The number of carboxylic acids is 2. The van der Waals surface area contributed by atoms with Crippen molar-refractivity contribution in [2.24, 2.45) is 0 Å². The van der Waals surface area contributed by atoms with Gasteiger partial charge in [-0.3, -0.25) is 24.0 Å². The lowest BCUT2D eigenvalue weighted by molar-refractivity contribution is -0.249. The van der Waals surface area contributed by atoms with Gasteiger partial charge in [0.1, 0.15) is 35.6 Å². The summed E-state index contributed by atoms with van der Waals surface area (Å²) >= 11 is 0. The summed E-state index contributed by atoms with van der Waals surface area (Å²) in [7, 11) is 1.27. The average molecular weight is 700 g/mol. The summed E-state index contributed by atoms with van der Waals surface area (Å²) in [6, 6.07) is 3.00. The van der Waals surface area contributed by atoms with Gasteiger partial charge in [0.2, 0.25) is 11.7 Å². The number of phenolic OH excluding ortho intramolecular Hbond substituents is 2. The van der Waals surface area contributed by atoms with Crippen LogP contribution in [-0.4, -0.2) is 115 Å². The van der Waals surface area contributed by atoms with E-state index in [1.807, 2.05) is 0 Å². The second kappa shape index (κ2) is 13.6. The minimum Gasteiger partial charge on any atom is -0.507 e. The van der Waals surface area contributed by atoms with E-state index in [1.54, 1.807) is 0 Å². The number of amides is 1. The summed E-state index contributed by atoms with van der Waals surface area (Å²) < 4.78 is 17.1. The van der Waals surface area contributed by atoms with E-state index in [-0.39, 0.29) is 34.4 Å². The third-order valence-corrected chi connectivity index (χ3v) is 9.01. The Labute approximate surface area is 282 Å². The maximum Gasteiger partial charge on any atom is 0.332 e. The highest BCUT2D eigenvalue weighted by Gasteiger charge is 2.50. The second-order valence-electron chi connectivity index (χ2n) is 12.2. The van der Waals surface area contributed by atoms with Gasteiger partial charge in [0.25, 0.3) is 0 Å². The molecule has 2 aromatic carbocycles. The Morgan fingerprint density at radius 1 is 1.06 bits per heavy atom. The molecule has 1 fully saturated rings. The number of ether oxygens (including phenoxy) is 3. The summed E-state index contributed by atoms with van der Waals surface area (Å²) in [6.07, 6.45) is -7.57. The molecular formula is C33H33NO16. The van der Waals surface area contributed by atoms with Gasteiger partial charge in [-0.15, -0.1) is 0 Å². The highest BCUT2D eigenvalue weighted by Crippen LogP contribution is 2.52. The highest BCUT2D eigenvalue weighted by atomic mass is 16.7. The SMILES string of the molecule is COc1cccc2c1C(=O)c1c(O)c3c(c(O)c1C2=O)C[C@@](O)(C(=O)CO)C[C@@H]3O[C@H]1C[C@H](NC(=O)/C=C(/CC(=O)O)C(=O)O)[C@H](O)[C@H](C)O1. The minimum absolute atomic E-state index is 0.0170. The van der Waals surface area contributed by atoms with Crippen LogP contribution in [0.15, 0.2) is 29.8 Å². The normalized spacial score (nSPS) is 25.9. The average Bonchev–Trinajstić information content (AvgIpc) is 3.05. The quantitative estimate of drug-likeness (QED) is 0.0991. The number of aliphatic carboxylic acids is 2. The maximum absolute atomic E-state index is 13.8. The lowest BCUT2D eigenvalue weighted by Crippen LogP contribution is -2.55. The van der Waals surface area contributed by atoms with Crippen LogP contribution in [0.1, 0.15) is 75.3 Å². The van der Waals surface area contributed by atoms with Crippen molar-refractivity contribution in [3.8, 4) is 17.2 Å². The fraction of sp³-hybridized carbons (Fsp3) is 0.394. The minimum atomic E-state index is -2.41. The molecule has 8 N–H and O–H groups in total. The molecule has 0 aromatic heterocycles. The molecule has 1 aliphatic heterocycles. The van der Waals surface area contributed by atoms with Gasteiger partial charge in [-0.1, -0.05) is 12.1 Å². The zero-order chi connectivity index (χ0) is 36.8. The zero-order valence-corrected chi connectivity index (χ0v) is 26.5. The van der Waals surface area contributed by atoms with Crippen LogP contribution in [-0.2, 0) is 35.1 Å². The van der Waals surface area contributed by atoms with E-state index < -0.39 is 126 Å². The fourth-order valence-corrected chi connectivity index (χ4v) is 6.59. The Morgan fingerprint density at radius 3 is 2.36 bits per heavy atom. The molecule has 1 amide bonds. The number of carboxylic acid groups (broad SMARTS) is 2. The molecule has 17 nitrogen and oxygen atoms in total. The van der Waals surface area contributed by atoms with Crippen LogP contribution in [0.5, 0.6) is 17.2 Å². The predicted molar refractivity (Wildman–Crippen MR) is 164 cm³/mol. The maximum atomic E-state index is 13.8. The van der Waals surface area contributed by atoms with E-state index in [0.29, 0.717) is 6.08 Å². The Kier molecular flexibility index (Phi) is 9.82. The molecule has 3 aliphatic rings. The van der Waals surface area contributed by atoms with Crippen molar-refractivity contribution in [3.05, 3.63) is 63.2 Å². The molecule has 0 saturated carbocycles. The van der Waals surface area contributed by atoms with Gasteiger partial charge in [0, 0.05) is 42.0 Å². The monoisotopic (exact) mass is 699 g/mol. The molecule has 17 heteroatoms. The van der Waals surface area contributed by atoms with Crippen LogP contribution in [0.25, 0.3) is 0 Å². The molecule has 5 rings (SSSR count). The third kappa shape index (κ3) is 6.32. The van der Waals surface area contributed by atoms with Crippen LogP contribution >= 0.6 is 0 Å². The number of carbonyl (C=O) groups is 6. The Balaban J connectivity index is 1.55. The van der Waals surface area contributed by atoms with E-state index in [0.717, 1.165) is 0 Å². The molecule has 2 aromatic rings. The number of Topliss-reactive ketones (excluding diaryl/α,β-unsaturated/α-hetero) is 1. The summed E-state index contributed by atoms with van der Waals surface area (Å²) in [5.41, 5.74) is -5.24. The van der Waals surface area contributed by atoms with E-state index in [2.05, 4.69) is 5.32 Å². The van der Waals surface area contributed by atoms with Crippen molar-refractivity contribution in [1.29, 1.82) is 0 Å². The van der Waals surface area contributed by atoms with Crippen molar-refractivity contribution >= 4 is 35.2 Å². The van der Waals surface area contributed by atoms with Crippen LogP contribution in [0.4, 0.5) is 0 Å². The second-order valence-corrected chi connectivity index (χ2v) is 12.2. The number of ketones is 3. The molecule has 1 heterocycles. The van der Waals surface area contributed by atoms with Crippen LogP contribution in [0.3, 0.4) is 0 Å². The molecule has 6 atom stereocenters. The van der Waals surface area contributed by atoms with E-state index in [1.165, 1.54) is 32.2 Å². The van der Waals surface area contributed by atoms with Crippen LogP contribution in [0, 0.1) is 0 Å². The lowest BCUT2D eigenvalue weighted by Gasteiger charge is -2.42. The van der Waals surface area contributed by atoms with E-state index >= 15 is 0 Å². The van der Waals surface area contributed by atoms with Crippen molar-refractivity contribution in [2.45, 2.75) is 68.9 Å². The van der Waals surface area contributed by atoms with Gasteiger partial charge in [0.05, 0.1) is 54.0 Å². The molecule has 50 heavy (non-hydrogen) atoms. The summed E-state index contributed by atoms with van der Waals surface area (Å²) in [5.74, 6) is -8.64. The number of hydrogen-bond acceptors (Lipinski definition) is 14. The topological polar surface area (TPSA) is 284 Å². The Hall–Kier alpha value is -5.20.